The highest BCUT2D eigenvalue weighted by atomic mass is 16.4. The maximum atomic E-state index is 12.1. The van der Waals surface area contributed by atoms with Crippen LogP contribution in [0.3, 0.4) is 0 Å². The lowest BCUT2D eigenvalue weighted by Crippen LogP contribution is -2.18. The Morgan fingerprint density at radius 2 is 1.96 bits per heavy atom. The first-order valence-electron chi connectivity index (χ1n) is 9.89. The van der Waals surface area contributed by atoms with Crippen LogP contribution < -0.4 is 0 Å². The van der Waals surface area contributed by atoms with Gasteiger partial charge in [0.25, 0.3) is 0 Å². The van der Waals surface area contributed by atoms with Crippen molar-refractivity contribution in [2.45, 2.75) is 83.3 Å². The molecule has 0 bridgehead atoms. The molecule has 1 aliphatic rings. The van der Waals surface area contributed by atoms with Crippen LogP contribution in [-0.2, 0) is 9.59 Å². The quantitative estimate of drug-likeness (QED) is 0.342. The van der Waals surface area contributed by atoms with Crippen LogP contribution in [-0.4, -0.2) is 39.3 Å². The van der Waals surface area contributed by atoms with E-state index in [0.717, 1.165) is 38.5 Å². The highest BCUT2D eigenvalue weighted by Gasteiger charge is 2.39. The normalized spacial score (nSPS) is 24.7. The van der Waals surface area contributed by atoms with E-state index in [0.29, 0.717) is 12.8 Å². The highest BCUT2D eigenvalue weighted by molar-refractivity contribution is 5.84. The molecule has 0 radical (unpaired) electrons. The van der Waals surface area contributed by atoms with Crippen LogP contribution in [0.2, 0.25) is 0 Å². The van der Waals surface area contributed by atoms with Gasteiger partial charge < -0.3 is 15.3 Å². The lowest BCUT2D eigenvalue weighted by Gasteiger charge is -2.17. The number of carboxylic acid groups (broad SMARTS) is 1. The van der Waals surface area contributed by atoms with Gasteiger partial charge in [0, 0.05) is 24.7 Å². The SMILES string of the molecule is CCC/C=C/[C@H](O)C/C=C/[C@H]1[C@H](O)CC(=O)[C@@H]1CCCCCCC(=O)O. The van der Waals surface area contributed by atoms with E-state index >= 15 is 0 Å². The van der Waals surface area contributed by atoms with E-state index < -0.39 is 18.2 Å². The summed E-state index contributed by atoms with van der Waals surface area (Å²) in [6.45, 7) is 2.08. The van der Waals surface area contributed by atoms with E-state index in [9.17, 15) is 19.8 Å². The summed E-state index contributed by atoms with van der Waals surface area (Å²) < 4.78 is 0. The molecule has 0 spiro atoms. The van der Waals surface area contributed by atoms with Gasteiger partial charge in [-0.25, -0.2) is 0 Å². The van der Waals surface area contributed by atoms with E-state index in [1.165, 1.54) is 0 Å². The molecule has 148 valence electrons. The Labute approximate surface area is 156 Å². The monoisotopic (exact) mass is 366 g/mol. The predicted molar refractivity (Wildman–Crippen MR) is 102 cm³/mol. The van der Waals surface area contributed by atoms with Gasteiger partial charge in [0.15, 0.2) is 0 Å². The lowest BCUT2D eigenvalue weighted by molar-refractivity contribution is -0.137. The van der Waals surface area contributed by atoms with Crippen molar-refractivity contribution in [3.8, 4) is 0 Å². The van der Waals surface area contributed by atoms with Crippen molar-refractivity contribution < 1.29 is 24.9 Å². The average Bonchev–Trinajstić information content (AvgIpc) is 2.84. The number of ketones is 1. The van der Waals surface area contributed by atoms with Crippen LogP contribution >= 0.6 is 0 Å². The minimum Gasteiger partial charge on any atom is -0.481 e. The number of hydrogen-bond donors (Lipinski definition) is 3. The second-order valence-corrected chi connectivity index (χ2v) is 7.22. The second kappa shape index (κ2) is 12.8. The van der Waals surface area contributed by atoms with Gasteiger partial charge >= 0.3 is 5.97 Å². The van der Waals surface area contributed by atoms with E-state index in [1.807, 2.05) is 18.2 Å². The molecule has 0 heterocycles. The number of allylic oxidation sites excluding steroid dienone is 1. The number of hydrogen-bond acceptors (Lipinski definition) is 4. The molecule has 0 aromatic heterocycles. The van der Waals surface area contributed by atoms with Crippen LogP contribution in [0.15, 0.2) is 24.3 Å². The summed E-state index contributed by atoms with van der Waals surface area (Å²) in [7, 11) is 0. The number of Topliss-reactive ketones (excluding diaryl/α,β-unsaturated/α-hetero) is 1. The molecule has 0 unspecified atom stereocenters. The molecule has 1 aliphatic carbocycles. The zero-order valence-corrected chi connectivity index (χ0v) is 15.8. The Morgan fingerprint density at radius 3 is 2.65 bits per heavy atom. The highest BCUT2D eigenvalue weighted by Crippen LogP contribution is 2.34. The first-order valence-corrected chi connectivity index (χ1v) is 9.89. The summed E-state index contributed by atoms with van der Waals surface area (Å²) in [6.07, 6.45) is 13.3. The molecule has 0 aromatic rings. The van der Waals surface area contributed by atoms with Gasteiger partial charge in [-0.2, -0.15) is 0 Å². The molecule has 1 rings (SSSR count). The number of unbranched alkanes of at least 4 members (excludes halogenated alkanes) is 4. The fraction of sp³-hybridized carbons (Fsp3) is 0.714. The zero-order chi connectivity index (χ0) is 19.4. The maximum absolute atomic E-state index is 12.1. The predicted octanol–water partition coefficient (Wildman–Crippen LogP) is 3.64. The number of aliphatic hydroxyl groups excluding tert-OH is 2. The maximum Gasteiger partial charge on any atom is 0.303 e. The van der Waals surface area contributed by atoms with Crippen molar-refractivity contribution in [2.75, 3.05) is 0 Å². The molecule has 0 aromatic carbocycles. The molecule has 1 fully saturated rings. The average molecular weight is 366 g/mol. The Hall–Kier alpha value is -1.46. The van der Waals surface area contributed by atoms with Crippen molar-refractivity contribution in [3.05, 3.63) is 24.3 Å². The summed E-state index contributed by atoms with van der Waals surface area (Å²) in [5.41, 5.74) is 0. The van der Waals surface area contributed by atoms with E-state index in [2.05, 4.69) is 6.92 Å². The van der Waals surface area contributed by atoms with Crippen molar-refractivity contribution in [1.29, 1.82) is 0 Å². The summed E-state index contributed by atoms with van der Waals surface area (Å²) in [5.74, 6) is -0.987. The molecule has 5 heteroatoms. The van der Waals surface area contributed by atoms with Crippen LogP contribution in [0.25, 0.3) is 0 Å². The number of aliphatic hydroxyl groups is 2. The van der Waals surface area contributed by atoms with Gasteiger partial charge in [0.05, 0.1) is 12.2 Å². The summed E-state index contributed by atoms with van der Waals surface area (Å²) in [4.78, 5) is 22.6. The van der Waals surface area contributed by atoms with Crippen molar-refractivity contribution in [2.24, 2.45) is 11.8 Å². The van der Waals surface area contributed by atoms with Gasteiger partial charge in [-0.05, 0) is 25.7 Å². The van der Waals surface area contributed by atoms with Crippen molar-refractivity contribution in [3.63, 3.8) is 0 Å². The van der Waals surface area contributed by atoms with E-state index in [1.54, 1.807) is 6.08 Å². The smallest absolute Gasteiger partial charge is 0.303 e. The van der Waals surface area contributed by atoms with Crippen LogP contribution in [0.1, 0.15) is 71.1 Å². The fourth-order valence-electron chi connectivity index (χ4n) is 3.46. The molecular weight excluding hydrogens is 332 g/mol. The standard InChI is InChI=1S/C21H34O5/c1-2-3-6-10-16(22)11-9-13-18-17(19(23)15-20(18)24)12-7-4-5-8-14-21(25)26/h6,9-10,13,16-18,20,22,24H,2-5,7-8,11-12,14-15H2,1H3,(H,25,26)/b10-6+,13-9+/t16-,17+,18+,20+/m0/s1. The van der Waals surface area contributed by atoms with Gasteiger partial charge in [-0.3, -0.25) is 9.59 Å². The van der Waals surface area contributed by atoms with Crippen molar-refractivity contribution in [1.82, 2.24) is 0 Å². The number of carbonyl (C=O) groups is 2. The first kappa shape index (κ1) is 22.6. The Balaban J connectivity index is 2.40. The summed E-state index contributed by atoms with van der Waals surface area (Å²) in [5, 5.41) is 28.7. The minimum atomic E-state index is -0.768. The Kier molecular flexibility index (Phi) is 11.1. The molecule has 1 saturated carbocycles. The topological polar surface area (TPSA) is 94.8 Å². The Morgan fingerprint density at radius 1 is 1.23 bits per heavy atom. The van der Waals surface area contributed by atoms with Gasteiger partial charge in [-0.15, -0.1) is 0 Å². The summed E-state index contributed by atoms with van der Waals surface area (Å²) >= 11 is 0. The van der Waals surface area contributed by atoms with E-state index in [4.69, 9.17) is 5.11 Å². The lowest BCUT2D eigenvalue weighted by atomic mass is 9.88. The van der Waals surface area contributed by atoms with Crippen molar-refractivity contribution >= 4 is 11.8 Å². The zero-order valence-electron chi connectivity index (χ0n) is 15.8. The third-order valence-corrected chi connectivity index (χ3v) is 4.94. The first-order chi connectivity index (χ1) is 12.5. The van der Waals surface area contributed by atoms with Crippen LogP contribution in [0.4, 0.5) is 0 Å². The third kappa shape index (κ3) is 8.77. The number of carbonyl (C=O) groups excluding carboxylic acids is 1. The molecule has 5 nitrogen and oxygen atoms in total. The number of rotatable bonds is 13. The molecule has 0 amide bonds. The van der Waals surface area contributed by atoms with Gasteiger partial charge in [-0.1, -0.05) is 56.9 Å². The van der Waals surface area contributed by atoms with Crippen LogP contribution in [0, 0.1) is 11.8 Å². The largest absolute Gasteiger partial charge is 0.481 e. The molecular formula is C21H34O5. The fourth-order valence-corrected chi connectivity index (χ4v) is 3.46. The van der Waals surface area contributed by atoms with Gasteiger partial charge in [0.1, 0.15) is 5.78 Å². The number of carboxylic acids is 1. The summed E-state index contributed by atoms with van der Waals surface area (Å²) in [6, 6.07) is 0. The number of aliphatic carboxylic acids is 1. The Bertz CT molecular complexity index is 483. The van der Waals surface area contributed by atoms with Gasteiger partial charge in [0.2, 0.25) is 0 Å². The molecule has 0 aliphatic heterocycles. The minimum absolute atomic E-state index is 0.112. The third-order valence-electron chi connectivity index (χ3n) is 4.94. The van der Waals surface area contributed by atoms with E-state index in [-0.39, 0.29) is 30.5 Å². The molecule has 0 saturated heterocycles. The second-order valence-electron chi connectivity index (χ2n) is 7.22. The molecule has 26 heavy (non-hydrogen) atoms. The molecule has 3 N–H and O–H groups in total. The van der Waals surface area contributed by atoms with Crippen LogP contribution in [0.5, 0.6) is 0 Å². The molecule has 4 atom stereocenters.